The zero-order valence-corrected chi connectivity index (χ0v) is 17.5. The van der Waals surface area contributed by atoms with Crippen LogP contribution in [0.4, 0.5) is 11.6 Å². The van der Waals surface area contributed by atoms with Crippen molar-refractivity contribution in [2.24, 2.45) is 5.11 Å². The summed E-state index contributed by atoms with van der Waals surface area (Å²) in [6.45, 7) is 3.97. The Morgan fingerprint density at radius 2 is 2.03 bits per heavy atom. The van der Waals surface area contributed by atoms with E-state index in [1.165, 1.54) is 6.20 Å². The average molecular weight is 420 g/mol. The molecule has 0 atom stereocenters. The molecule has 3 heterocycles. The number of anilines is 1. The fourth-order valence-corrected chi connectivity index (χ4v) is 4.03. The Morgan fingerprint density at radius 3 is 2.83 bits per heavy atom. The van der Waals surface area contributed by atoms with Gasteiger partial charge in [-0.15, -0.1) is 5.11 Å². The maximum atomic E-state index is 12.0. The molecule has 30 heavy (non-hydrogen) atoms. The summed E-state index contributed by atoms with van der Waals surface area (Å²) in [5.74, 6) is 0.604. The van der Waals surface area contributed by atoms with Gasteiger partial charge in [-0.3, -0.25) is 4.98 Å². The monoisotopic (exact) mass is 420 g/mol. The molecule has 0 amide bonds. The molecule has 0 spiro atoms. The van der Waals surface area contributed by atoms with Crippen LogP contribution in [0.3, 0.4) is 0 Å². The average Bonchev–Trinajstić information content (AvgIpc) is 3.18. The van der Waals surface area contributed by atoms with Crippen LogP contribution in [-0.4, -0.2) is 37.8 Å². The fourth-order valence-electron chi connectivity index (χ4n) is 3.09. The number of hydrogen-bond acceptors (Lipinski definition) is 8. The normalized spacial score (nSPS) is 11.5. The molecule has 9 nitrogen and oxygen atoms in total. The smallest absolute Gasteiger partial charge is 0.216 e. The molecule has 10 heteroatoms. The Bertz CT molecular complexity index is 1260. The van der Waals surface area contributed by atoms with Gasteiger partial charge < -0.3 is 14.4 Å². The molecular formula is C20H21N8OP. The molecule has 0 bridgehead atoms. The van der Waals surface area contributed by atoms with Gasteiger partial charge in [0.2, 0.25) is 5.82 Å². The van der Waals surface area contributed by atoms with Gasteiger partial charge in [0.1, 0.15) is 18.5 Å². The molecule has 1 aromatic carbocycles. The molecule has 0 aliphatic rings. The zero-order chi connectivity index (χ0) is 21.1. The lowest BCUT2D eigenvalue weighted by atomic mass is 10.1. The topological polar surface area (TPSA) is 122 Å². The number of imidazole rings is 1. The van der Waals surface area contributed by atoms with Gasteiger partial charge in [0.05, 0.1) is 24.3 Å². The van der Waals surface area contributed by atoms with E-state index in [0.29, 0.717) is 30.0 Å². The van der Waals surface area contributed by atoms with Crippen LogP contribution in [0.1, 0.15) is 5.56 Å². The molecular weight excluding hydrogens is 399 g/mol. The second-order valence-electron chi connectivity index (χ2n) is 7.41. The molecule has 0 unspecified atom stereocenters. The first-order valence-corrected chi connectivity index (χ1v) is 12.1. The number of pyridine rings is 1. The van der Waals surface area contributed by atoms with E-state index in [1.807, 2.05) is 24.3 Å². The summed E-state index contributed by atoms with van der Waals surface area (Å²) in [5, 5.41) is 7.73. The summed E-state index contributed by atoms with van der Waals surface area (Å²) < 4.78 is 13.8. The number of nitrogens with one attached hydrogen (secondary N) is 2. The van der Waals surface area contributed by atoms with Gasteiger partial charge in [0, 0.05) is 24.3 Å². The fraction of sp³-hybridized carbons (Fsp3) is 0.200. The Hall–Kier alpha value is -3.45. The van der Waals surface area contributed by atoms with Crippen molar-refractivity contribution in [1.29, 1.82) is 5.53 Å². The van der Waals surface area contributed by atoms with Gasteiger partial charge in [-0.05, 0) is 37.1 Å². The van der Waals surface area contributed by atoms with Gasteiger partial charge >= 0.3 is 0 Å². The largest absolute Gasteiger partial charge is 0.363 e. The number of hydrogen-bond donors (Lipinski definition) is 2. The second kappa shape index (κ2) is 8.12. The standard InChI is InChI=1S/C20H21N8OP/c1-30(2,29)13-28-11-18(25-12-28)17-10-24-20(27-21)19(26-17)23-9-14-5-6-16-15(8-14)4-3-7-22-16/h3-8,10-12,21H,9,13H2,1-2H3,(H,23,26). The van der Waals surface area contributed by atoms with E-state index in [1.54, 1.807) is 36.6 Å². The Kier molecular flexibility index (Phi) is 5.37. The molecule has 152 valence electrons. The van der Waals surface area contributed by atoms with Crippen molar-refractivity contribution < 1.29 is 4.57 Å². The van der Waals surface area contributed by atoms with Gasteiger partial charge in [-0.25, -0.2) is 20.5 Å². The molecule has 0 saturated carbocycles. The summed E-state index contributed by atoms with van der Waals surface area (Å²) in [7, 11) is -2.22. The van der Waals surface area contributed by atoms with E-state index in [4.69, 9.17) is 5.53 Å². The van der Waals surface area contributed by atoms with Crippen LogP contribution < -0.4 is 5.32 Å². The van der Waals surface area contributed by atoms with Crippen LogP contribution in [-0.2, 0) is 17.4 Å². The molecule has 4 aromatic rings. The number of fused-ring (bicyclic) bond motifs is 1. The third kappa shape index (κ3) is 4.58. The van der Waals surface area contributed by atoms with E-state index < -0.39 is 7.14 Å². The van der Waals surface area contributed by atoms with Crippen LogP contribution >= 0.6 is 7.14 Å². The number of benzene rings is 1. The first-order chi connectivity index (χ1) is 14.4. The highest BCUT2D eigenvalue weighted by molar-refractivity contribution is 7.61. The number of rotatable bonds is 7. The molecule has 4 rings (SSSR count). The van der Waals surface area contributed by atoms with Crippen molar-refractivity contribution in [2.75, 3.05) is 18.6 Å². The van der Waals surface area contributed by atoms with Crippen LogP contribution in [0.25, 0.3) is 22.3 Å². The Balaban J connectivity index is 1.56. The van der Waals surface area contributed by atoms with Crippen LogP contribution in [0, 0.1) is 5.53 Å². The van der Waals surface area contributed by atoms with Crippen molar-refractivity contribution in [1.82, 2.24) is 24.5 Å². The highest BCUT2D eigenvalue weighted by Crippen LogP contribution is 2.38. The summed E-state index contributed by atoms with van der Waals surface area (Å²) in [6, 6.07) is 9.93. The summed E-state index contributed by atoms with van der Waals surface area (Å²) in [6.07, 6.45) is 7.14. The number of nitrogens with zero attached hydrogens (tertiary/aromatic N) is 6. The van der Waals surface area contributed by atoms with Gasteiger partial charge in [0.25, 0.3) is 0 Å². The SMILES string of the molecule is CP(C)(=O)Cn1cnc(-c2cnc(N=N)c(NCc3ccc4ncccc4c3)n2)c1. The molecule has 0 radical (unpaired) electrons. The van der Waals surface area contributed by atoms with Gasteiger partial charge in [-0.2, -0.15) is 0 Å². The van der Waals surface area contributed by atoms with Crippen LogP contribution in [0.5, 0.6) is 0 Å². The number of aromatic nitrogens is 5. The highest BCUT2D eigenvalue weighted by atomic mass is 31.2. The van der Waals surface area contributed by atoms with Crippen LogP contribution in [0.2, 0.25) is 0 Å². The predicted molar refractivity (Wildman–Crippen MR) is 117 cm³/mol. The molecule has 0 saturated heterocycles. The Morgan fingerprint density at radius 1 is 1.17 bits per heavy atom. The van der Waals surface area contributed by atoms with Crippen molar-refractivity contribution in [2.45, 2.75) is 12.8 Å². The van der Waals surface area contributed by atoms with Crippen molar-refractivity contribution in [3.63, 3.8) is 0 Å². The molecule has 0 aliphatic heterocycles. The minimum Gasteiger partial charge on any atom is -0.363 e. The lowest BCUT2D eigenvalue weighted by Crippen LogP contribution is -2.03. The predicted octanol–water partition coefficient (Wildman–Crippen LogP) is 4.74. The summed E-state index contributed by atoms with van der Waals surface area (Å²) in [4.78, 5) is 17.5. The minimum atomic E-state index is -2.22. The zero-order valence-electron chi connectivity index (χ0n) is 16.6. The van der Waals surface area contributed by atoms with Crippen molar-refractivity contribution in [3.05, 3.63) is 60.8 Å². The van der Waals surface area contributed by atoms with Crippen molar-refractivity contribution >= 4 is 29.7 Å². The maximum Gasteiger partial charge on any atom is 0.216 e. The van der Waals surface area contributed by atoms with Gasteiger partial charge in [0.15, 0.2) is 5.82 Å². The summed E-state index contributed by atoms with van der Waals surface area (Å²) >= 11 is 0. The van der Waals surface area contributed by atoms with E-state index in [0.717, 1.165) is 16.5 Å². The first kappa shape index (κ1) is 19.8. The summed E-state index contributed by atoms with van der Waals surface area (Å²) in [5.41, 5.74) is 10.5. The van der Waals surface area contributed by atoms with Crippen LogP contribution in [0.15, 0.2) is 60.4 Å². The quantitative estimate of drug-likeness (QED) is 0.329. The van der Waals surface area contributed by atoms with Gasteiger partial charge in [-0.1, -0.05) is 12.1 Å². The minimum absolute atomic E-state index is 0.201. The highest BCUT2D eigenvalue weighted by Gasteiger charge is 2.13. The molecule has 0 fully saturated rings. The molecule has 0 aliphatic carbocycles. The maximum absolute atomic E-state index is 12.0. The Labute approximate surface area is 173 Å². The lowest BCUT2D eigenvalue weighted by Gasteiger charge is -2.09. The first-order valence-electron chi connectivity index (χ1n) is 9.29. The lowest BCUT2D eigenvalue weighted by molar-refractivity contribution is 0.574. The van der Waals surface area contributed by atoms with E-state index in [9.17, 15) is 4.57 Å². The van der Waals surface area contributed by atoms with Crippen molar-refractivity contribution in [3.8, 4) is 11.4 Å². The molecule has 2 N–H and O–H groups in total. The third-order valence-electron chi connectivity index (χ3n) is 4.39. The molecule has 3 aromatic heterocycles. The van der Waals surface area contributed by atoms with E-state index in [-0.39, 0.29) is 5.82 Å². The third-order valence-corrected chi connectivity index (χ3v) is 5.39. The van der Waals surface area contributed by atoms with E-state index in [2.05, 4.69) is 36.4 Å². The van der Waals surface area contributed by atoms with E-state index >= 15 is 0 Å². The second-order valence-corrected chi connectivity index (χ2v) is 10.8.